The zero-order valence-corrected chi connectivity index (χ0v) is 13.1. The van der Waals surface area contributed by atoms with Crippen molar-refractivity contribution in [2.75, 3.05) is 19.6 Å². The van der Waals surface area contributed by atoms with Gasteiger partial charge in [0, 0.05) is 23.7 Å². The van der Waals surface area contributed by atoms with Crippen molar-refractivity contribution in [1.29, 1.82) is 0 Å². The van der Waals surface area contributed by atoms with Crippen LogP contribution < -0.4 is 5.32 Å². The van der Waals surface area contributed by atoms with Crippen molar-refractivity contribution >= 4 is 0 Å². The first-order valence-corrected chi connectivity index (χ1v) is 8.07. The maximum Gasteiger partial charge on any atom is 0.131 e. The molecule has 0 aromatic heterocycles. The molecule has 2 N–H and O–H groups in total. The summed E-state index contributed by atoms with van der Waals surface area (Å²) in [6.07, 6.45) is 4.75. The lowest BCUT2D eigenvalue weighted by molar-refractivity contribution is 0.189. The fraction of sp³-hybridized carbons (Fsp3) is 0.647. The molecule has 21 heavy (non-hydrogen) atoms. The zero-order valence-electron chi connectivity index (χ0n) is 13.1. The van der Waals surface area contributed by atoms with Crippen LogP contribution in [0.25, 0.3) is 0 Å². The van der Waals surface area contributed by atoms with Crippen molar-refractivity contribution in [2.24, 2.45) is 0 Å². The minimum absolute atomic E-state index is 0.0207. The van der Waals surface area contributed by atoms with Crippen LogP contribution >= 0.6 is 0 Å². The van der Waals surface area contributed by atoms with Gasteiger partial charge < -0.3 is 15.3 Å². The number of piperidine rings is 1. The number of halogens is 1. The smallest absolute Gasteiger partial charge is 0.131 e. The van der Waals surface area contributed by atoms with Gasteiger partial charge in [-0.3, -0.25) is 0 Å². The summed E-state index contributed by atoms with van der Waals surface area (Å²) in [5.74, 6) is -0.358. The molecule has 4 heteroatoms. The molecule has 0 saturated carbocycles. The number of aromatic hydroxyl groups is 1. The van der Waals surface area contributed by atoms with Gasteiger partial charge in [0.2, 0.25) is 0 Å². The highest BCUT2D eigenvalue weighted by Gasteiger charge is 2.21. The lowest BCUT2D eigenvalue weighted by Crippen LogP contribution is -2.43. The third-order valence-corrected chi connectivity index (χ3v) is 4.35. The number of phenolic OH excluding ortho intramolecular Hbond substituents is 1. The Morgan fingerprint density at radius 3 is 2.71 bits per heavy atom. The number of nitrogens with one attached hydrogen (secondary N) is 1. The number of rotatable bonds is 6. The highest BCUT2D eigenvalue weighted by molar-refractivity contribution is 5.29. The third-order valence-electron chi connectivity index (χ3n) is 4.35. The number of hydrogen-bond donors (Lipinski definition) is 2. The standard InChI is InChI=1S/C17H27FN2O/c1-3-4-9-20-10-7-14(8-11-20)19-13(2)16-6-5-15(21)12-17(16)18/h5-6,12-14,19,21H,3-4,7-11H2,1-2H3. The van der Waals surface area contributed by atoms with Gasteiger partial charge in [-0.25, -0.2) is 4.39 Å². The van der Waals surface area contributed by atoms with E-state index in [0.717, 1.165) is 25.9 Å². The van der Waals surface area contributed by atoms with Gasteiger partial charge in [0.15, 0.2) is 0 Å². The molecule has 0 aliphatic carbocycles. The molecular formula is C17H27FN2O. The molecule has 118 valence electrons. The van der Waals surface area contributed by atoms with Gasteiger partial charge in [0.05, 0.1) is 0 Å². The average Bonchev–Trinajstić information content (AvgIpc) is 2.46. The van der Waals surface area contributed by atoms with Gasteiger partial charge in [-0.2, -0.15) is 0 Å². The number of nitrogens with zero attached hydrogens (tertiary/aromatic N) is 1. The highest BCUT2D eigenvalue weighted by atomic mass is 19.1. The number of hydrogen-bond acceptors (Lipinski definition) is 3. The molecule has 0 spiro atoms. The normalized spacial score (nSPS) is 18.8. The van der Waals surface area contributed by atoms with E-state index in [-0.39, 0.29) is 17.6 Å². The summed E-state index contributed by atoms with van der Waals surface area (Å²) in [5, 5.41) is 12.8. The Hall–Kier alpha value is -1.13. The second kappa shape index (κ2) is 7.76. The van der Waals surface area contributed by atoms with Crippen molar-refractivity contribution in [3.63, 3.8) is 0 Å². The van der Waals surface area contributed by atoms with Crippen LogP contribution in [-0.4, -0.2) is 35.7 Å². The van der Waals surface area contributed by atoms with Gasteiger partial charge in [-0.05, 0) is 51.9 Å². The molecule has 1 atom stereocenters. The highest BCUT2D eigenvalue weighted by Crippen LogP contribution is 2.23. The summed E-state index contributed by atoms with van der Waals surface area (Å²) in [4.78, 5) is 2.52. The Labute approximate surface area is 127 Å². The molecule has 1 heterocycles. The van der Waals surface area contributed by atoms with E-state index in [9.17, 15) is 9.50 Å². The van der Waals surface area contributed by atoms with Gasteiger partial charge in [0.25, 0.3) is 0 Å². The molecule has 1 saturated heterocycles. The summed E-state index contributed by atoms with van der Waals surface area (Å²) in [5.41, 5.74) is 0.626. The molecule has 1 fully saturated rings. The van der Waals surface area contributed by atoms with Crippen LogP contribution in [0.3, 0.4) is 0 Å². The molecule has 1 unspecified atom stereocenters. The third kappa shape index (κ3) is 4.68. The fourth-order valence-corrected chi connectivity index (χ4v) is 3.02. The lowest BCUT2D eigenvalue weighted by atomic mass is 10.0. The van der Waals surface area contributed by atoms with Crippen molar-refractivity contribution in [3.05, 3.63) is 29.6 Å². The fourth-order valence-electron chi connectivity index (χ4n) is 3.02. The molecule has 1 aliphatic rings. The topological polar surface area (TPSA) is 35.5 Å². The van der Waals surface area contributed by atoms with Crippen LogP contribution in [0, 0.1) is 5.82 Å². The largest absolute Gasteiger partial charge is 0.508 e. The number of benzene rings is 1. The van der Waals surface area contributed by atoms with Gasteiger partial charge in [0.1, 0.15) is 11.6 Å². The van der Waals surface area contributed by atoms with Crippen molar-refractivity contribution in [2.45, 2.75) is 51.6 Å². The van der Waals surface area contributed by atoms with E-state index in [2.05, 4.69) is 17.1 Å². The molecule has 1 aromatic carbocycles. The van der Waals surface area contributed by atoms with Crippen LogP contribution in [0.15, 0.2) is 18.2 Å². The molecule has 3 nitrogen and oxygen atoms in total. The van der Waals surface area contributed by atoms with E-state index < -0.39 is 0 Å². The van der Waals surface area contributed by atoms with E-state index in [4.69, 9.17) is 0 Å². The number of phenols is 1. The van der Waals surface area contributed by atoms with E-state index in [1.54, 1.807) is 12.1 Å². The van der Waals surface area contributed by atoms with Crippen molar-refractivity contribution in [1.82, 2.24) is 10.2 Å². The Balaban J connectivity index is 1.82. The second-order valence-corrected chi connectivity index (χ2v) is 6.06. The van der Waals surface area contributed by atoms with E-state index in [1.807, 2.05) is 6.92 Å². The molecule has 2 rings (SSSR count). The number of unbranched alkanes of at least 4 members (excludes halogenated alkanes) is 1. The van der Waals surface area contributed by atoms with Crippen LogP contribution in [0.2, 0.25) is 0 Å². The van der Waals surface area contributed by atoms with Crippen LogP contribution in [0.4, 0.5) is 4.39 Å². The monoisotopic (exact) mass is 294 g/mol. The van der Waals surface area contributed by atoms with Crippen molar-refractivity contribution in [3.8, 4) is 5.75 Å². The zero-order chi connectivity index (χ0) is 15.2. The summed E-state index contributed by atoms with van der Waals surface area (Å²) < 4.78 is 13.8. The van der Waals surface area contributed by atoms with Crippen molar-refractivity contribution < 1.29 is 9.50 Å². The van der Waals surface area contributed by atoms with E-state index in [0.29, 0.717) is 11.6 Å². The van der Waals surface area contributed by atoms with Crippen LogP contribution in [0.1, 0.15) is 51.1 Å². The average molecular weight is 294 g/mol. The maximum atomic E-state index is 13.8. The van der Waals surface area contributed by atoms with Crippen LogP contribution in [0.5, 0.6) is 5.75 Å². The summed E-state index contributed by atoms with van der Waals surface area (Å²) in [7, 11) is 0. The van der Waals surface area contributed by atoms with E-state index in [1.165, 1.54) is 25.5 Å². The molecule has 1 aromatic rings. The minimum atomic E-state index is -0.338. The quantitative estimate of drug-likeness (QED) is 0.843. The maximum absolute atomic E-state index is 13.8. The molecule has 0 amide bonds. The first kappa shape index (κ1) is 16.2. The lowest BCUT2D eigenvalue weighted by Gasteiger charge is -2.34. The Morgan fingerprint density at radius 1 is 1.38 bits per heavy atom. The van der Waals surface area contributed by atoms with Gasteiger partial charge >= 0.3 is 0 Å². The predicted octanol–water partition coefficient (Wildman–Crippen LogP) is 3.45. The summed E-state index contributed by atoms with van der Waals surface area (Å²) >= 11 is 0. The predicted molar refractivity (Wildman–Crippen MR) is 84.0 cm³/mol. The summed E-state index contributed by atoms with van der Waals surface area (Å²) in [6, 6.07) is 4.81. The summed E-state index contributed by atoms with van der Waals surface area (Å²) in [6.45, 7) is 7.66. The Bertz CT molecular complexity index is 444. The number of likely N-dealkylation sites (tertiary alicyclic amines) is 1. The molecule has 0 radical (unpaired) electrons. The first-order valence-electron chi connectivity index (χ1n) is 8.07. The molecular weight excluding hydrogens is 267 g/mol. The Kier molecular flexibility index (Phi) is 6.00. The molecule has 0 bridgehead atoms. The van der Waals surface area contributed by atoms with E-state index >= 15 is 0 Å². The van der Waals surface area contributed by atoms with Gasteiger partial charge in [-0.15, -0.1) is 0 Å². The minimum Gasteiger partial charge on any atom is -0.508 e. The second-order valence-electron chi connectivity index (χ2n) is 6.06. The first-order chi connectivity index (χ1) is 10.1. The Morgan fingerprint density at radius 2 is 2.10 bits per heavy atom. The van der Waals surface area contributed by atoms with Gasteiger partial charge in [-0.1, -0.05) is 19.4 Å². The van der Waals surface area contributed by atoms with Crippen LogP contribution in [-0.2, 0) is 0 Å². The SMILES string of the molecule is CCCCN1CCC(NC(C)c2ccc(O)cc2F)CC1. The molecule has 1 aliphatic heterocycles.